The Kier molecular flexibility index (Phi) is 6.44. The van der Waals surface area contributed by atoms with Crippen LogP contribution in [-0.2, 0) is 6.54 Å². The van der Waals surface area contributed by atoms with E-state index in [-0.39, 0.29) is 5.75 Å². The predicted octanol–water partition coefficient (Wildman–Crippen LogP) is 3.76. The SMILES string of the molecule is CCCN(C)CC1(O)CCC2(CCN(Cc3ccc(O)c(F)c3)CC2)CC1. The van der Waals surface area contributed by atoms with Crippen LogP contribution in [0.25, 0.3) is 0 Å². The summed E-state index contributed by atoms with van der Waals surface area (Å²) in [6, 6.07) is 4.68. The van der Waals surface area contributed by atoms with E-state index in [1.54, 1.807) is 6.07 Å². The number of halogens is 1. The first-order valence-corrected chi connectivity index (χ1v) is 10.4. The van der Waals surface area contributed by atoms with Crippen LogP contribution < -0.4 is 0 Å². The smallest absolute Gasteiger partial charge is 0.165 e. The molecule has 1 aromatic carbocycles. The quantitative estimate of drug-likeness (QED) is 0.791. The van der Waals surface area contributed by atoms with Crippen LogP contribution >= 0.6 is 0 Å². The first-order valence-electron chi connectivity index (χ1n) is 10.4. The number of likely N-dealkylation sites (tertiary alicyclic amines) is 1. The molecule has 2 aliphatic rings. The van der Waals surface area contributed by atoms with Gasteiger partial charge in [0.05, 0.1) is 5.60 Å². The molecule has 1 aliphatic carbocycles. The fraction of sp³-hybridized carbons (Fsp3) is 0.727. The summed E-state index contributed by atoms with van der Waals surface area (Å²) in [6.07, 6.45) is 7.49. The number of aliphatic hydroxyl groups is 1. The largest absolute Gasteiger partial charge is 0.505 e. The summed E-state index contributed by atoms with van der Waals surface area (Å²) in [4.78, 5) is 4.64. The normalized spacial score (nSPS) is 22.4. The molecular formula is C22H35FN2O2. The van der Waals surface area contributed by atoms with E-state index in [1.165, 1.54) is 12.1 Å². The fourth-order valence-electron chi connectivity index (χ4n) is 4.96. The molecule has 5 heteroatoms. The molecule has 0 amide bonds. The maximum absolute atomic E-state index is 13.5. The molecule has 4 nitrogen and oxygen atoms in total. The topological polar surface area (TPSA) is 46.9 Å². The first-order chi connectivity index (χ1) is 12.8. The Labute approximate surface area is 163 Å². The third kappa shape index (κ3) is 5.21. The molecule has 3 rings (SSSR count). The van der Waals surface area contributed by atoms with E-state index in [2.05, 4.69) is 23.8 Å². The lowest BCUT2D eigenvalue weighted by Gasteiger charge is -2.49. The fourth-order valence-corrected chi connectivity index (χ4v) is 4.96. The minimum absolute atomic E-state index is 0.282. The van der Waals surface area contributed by atoms with Gasteiger partial charge in [-0.1, -0.05) is 13.0 Å². The number of phenolic OH excluding ortho intramolecular Hbond substituents is 1. The number of nitrogens with zero attached hydrogens (tertiary/aromatic N) is 2. The Hall–Kier alpha value is -1.17. The molecular weight excluding hydrogens is 343 g/mol. The molecule has 2 N–H and O–H groups in total. The van der Waals surface area contributed by atoms with Crippen LogP contribution in [0.15, 0.2) is 18.2 Å². The van der Waals surface area contributed by atoms with Crippen LogP contribution in [0.1, 0.15) is 57.4 Å². The van der Waals surface area contributed by atoms with Gasteiger partial charge in [0.15, 0.2) is 11.6 Å². The second kappa shape index (κ2) is 8.46. The number of phenols is 1. The van der Waals surface area contributed by atoms with Gasteiger partial charge < -0.3 is 15.1 Å². The number of likely N-dealkylation sites (N-methyl/N-ethyl adjacent to an activating group) is 1. The van der Waals surface area contributed by atoms with Gasteiger partial charge in [0.1, 0.15) is 0 Å². The second-order valence-corrected chi connectivity index (χ2v) is 9.02. The van der Waals surface area contributed by atoms with Gasteiger partial charge in [-0.2, -0.15) is 0 Å². The monoisotopic (exact) mass is 378 g/mol. The number of hydrogen-bond donors (Lipinski definition) is 2. The molecule has 2 fully saturated rings. The lowest BCUT2D eigenvalue weighted by atomic mass is 9.64. The van der Waals surface area contributed by atoms with E-state index in [0.717, 1.165) is 83.2 Å². The van der Waals surface area contributed by atoms with Crippen molar-refractivity contribution in [1.82, 2.24) is 9.80 Å². The second-order valence-electron chi connectivity index (χ2n) is 9.02. The summed E-state index contributed by atoms with van der Waals surface area (Å²) >= 11 is 0. The highest BCUT2D eigenvalue weighted by atomic mass is 19.1. The summed E-state index contributed by atoms with van der Waals surface area (Å²) in [5, 5.41) is 20.3. The van der Waals surface area contributed by atoms with Crippen molar-refractivity contribution in [3.05, 3.63) is 29.6 Å². The zero-order chi connectivity index (χ0) is 19.5. The van der Waals surface area contributed by atoms with Gasteiger partial charge in [-0.3, -0.25) is 4.90 Å². The zero-order valence-corrected chi connectivity index (χ0v) is 16.9. The van der Waals surface area contributed by atoms with E-state index >= 15 is 0 Å². The summed E-state index contributed by atoms with van der Waals surface area (Å²) in [7, 11) is 2.11. The molecule has 0 aromatic heterocycles. The highest BCUT2D eigenvalue weighted by molar-refractivity contribution is 5.28. The molecule has 0 atom stereocenters. The van der Waals surface area contributed by atoms with E-state index in [4.69, 9.17) is 0 Å². The van der Waals surface area contributed by atoms with Crippen LogP contribution in [0.4, 0.5) is 4.39 Å². The Balaban J connectivity index is 1.48. The van der Waals surface area contributed by atoms with Crippen molar-refractivity contribution in [1.29, 1.82) is 0 Å². The minimum atomic E-state index is -0.541. The third-order valence-electron chi connectivity index (χ3n) is 6.75. The van der Waals surface area contributed by atoms with Gasteiger partial charge in [-0.15, -0.1) is 0 Å². The average Bonchev–Trinajstić information content (AvgIpc) is 2.63. The molecule has 0 bridgehead atoms. The average molecular weight is 379 g/mol. The van der Waals surface area contributed by atoms with Gasteiger partial charge in [-0.05, 0) is 94.7 Å². The number of benzene rings is 1. The Morgan fingerprint density at radius 2 is 1.78 bits per heavy atom. The molecule has 1 aliphatic heterocycles. The van der Waals surface area contributed by atoms with Crippen molar-refractivity contribution < 1.29 is 14.6 Å². The Morgan fingerprint density at radius 3 is 2.37 bits per heavy atom. The predicted molar refractivity (Wildman–Crippen MR) is 106 cm³/mol. The summed E-state index contributed by atoms with van der Waals surface area (Å²) < 4.78 is 13.5. The minimum Gasteiger partial charge on any atom is -0.505 e. The van der Waals surface area contributed by atoms with Gasteiger partial charge in [0.25, 0.3) is 0 Å². The molecule has 1 heterocycles. The molecule has 1 saturated carbocycles. The van der Waals surface area contributed by atoms with E-state index in [1.807, 2.05) is 0 Å². The van der Waals surface area contributed by atoms with Crippen LogP contribution in [0.2, 0.25) is 0 Å². The standard InChI is InChI=1S/C22H35FN2O2/c1-3-12-24(2)17-22(27)8-6-21(7-9-22)10-13-25(14-11-21)16-18-4-5-20(26)19(23)15-18/h4-5,15,26-27H,3,6-14,16-17H2,1-2H3. The molecule has 1 saturated heterocycles. The van der Waals surface area contributed by atoms with E-state index in [9.17, 15) is 14.6 Å². The summed E-state index contributed by atoms with van der Waals surface area (Å²) in [5.74, 6) is -0.823. The maximum Gasteiger partial charge on any atom is 0.165 e. The van der Waals surface area contributed by atoms with Crippen molar-refractivity contribution in [3.63, 3.8) is 0 Å². The van der Waals surface area contributed by atoms with Crippen LogP contribution in [0.3, 0.4) is 0 Å². The molecule has 0 radical (unpaired) electrons. The summed E-state index contributed by atoms with van der Waals surface area (Å²) in [6.45, 7) is 6.79. The van der Waals surface area contributed by atoms with E-state index in [0.29, 0.717) is 5.41 Å². The third-order valence-corrected chi connectivity index (χ3v) is 6.75. The maximum atomic E-state index is 13.5. The molecule has 1 aromatic rings. The number of aromatic hydroxyl groups is 1. The van der Waals surface area contributed by atoms with Crippen molar-refractivity contribution in [2.24, 2.45) is 5.41 Å². The summed E-state index contributed by atoms with van der Waals surface area (Å²) in [5.41, 5.74) is 0.778. The van der Waals surface area contributed by atoms with Crippen molar-refractivity contribution >= 4 is 0 Å². The first kappa shape index (κ1) is 20.6. The van der Waals surface area contributed by atoms with Gasteiger partial charge in [0.2, 0.25) is 0 Å². The number of rotatable bonds is 6. The van der Waals surface area contributed by atoms with Gasteiger partial charge in [-0.25, -0.2) is 4.39 Å². The van der Waals surface area contributed by atoms with E-state index < -0.39 is 11.4 Å². The lowest BCUT2D eigenvalue weighted by Crippen LogP contribution is -2.49. The van der Waals surface area contributed by atoms with Crippen LogP contribution in [0, 0.1) is 11.2 Å². The van der Waals surface area contributed by atoms with Crippen LogP contribution in [0.5, 0.6) is 5.75 Å². The molecule has 27 heavy (non-hydrogen) atoms. The molecule has 1 spiro atoms. The molecule has 0 unspecified atom stereocenters. The van der Waals surface area contributed by atoms with Crippen LogP contribution in [-0.4, -0.2) is 58.8 Å². The van der Waals surface area contributed by atoms with Gasteiger partial charge >= 0.3 is 0 Å². The highest BCUT2D eigenvalue weighted by Crippen LogP contribution is 2.47. The molecule has 152 valence electrons. The number of piperidine rings is 1. The van der Waals surface area contributed by atoms with Crippen molar-refractivity contribution in [2.75, 3.05) is 33.2 Å². The van der Waals surface area contributed by atoms with Crippen molar-refractivity contribution in [2.45, 2.75) is 64.0 Å². The number of hydrogen-bond acceptors (Lipinski definition) is 4. The van der Waals surface area contributed by atoms with Gasteiger partial charge in [0, 0.05) is 13.1 Å². The Morgan fingerprint density at radius 1 is 1.11 bits per heavy atom. The Bertz CT molecular complexity index is 619. The zero-order valence-electron chi connectivity index (χ0n) is 16.9. The highest BCUT2D eigenvalue weighted by Gasteiger charge is 2.43. The lowest BCUT2D eigenvalue weighted by molar-refractivity contribution is -0.0665. The van der Waals surface area contributed by atoms with Crippen molar-refractivity contribution in [3.8, 4) is 5.75 Å².